The molecule has 3 aliphatic heterocycles. The van der Waals surface area contributed by atoms with Crippen LogP contribution in [0, 0.1) is 23.7 Å². The van der Waals surface area contributed by atoms with Gasteiger partial charge in [0.2, 0.25) is 5.91 Å². The normalized spacial score (nSPS) is 44.1. The lowest BCUT2D eigenvalue weighted by atomic mass is 9.79. The number of hydrogen-bond acceptors (Lipinski definition) is 12. The van der Waals surface area contributed by atoms with Crippen LogP contribution >= 0.6 is 0 Å². The van der Waals surface area contributed by atoms with Gasteiger partial charge in [0.15, 0.2) is 12.1 Å². The van der Waals surface area contributed by atoms with E-state index in [1.807, 2.05) is 25.9 Å². The number of ether oxygens (including phenoxy) is 5. The van der Waals surface area contributed by atoms with Crippen molar-refractivity contribution in [2.24, 2.45) is 23.7 Å². The third-order valence-electron chi connectivity index (χ3n) is 10.1. The summed E-state index contributed by atoms with van der Waals surface area (Å²) in [5.74, 6) is -5.07. The van der Waals surface area contributed by atoms with Crippen molar-refractivity contribution in [3.8, 4) is 0 Å². The van der Waals surface area contributed by atoms with Crippen LogP contribution in [0.3, 0.4) is 0 Å². The number of carbonyl (C=O) groups is 3. The Balaban J connectivity index is 2.09. The summed E-state index contributed by atoms with van der Waals surface area (Å²) in [5.41, 5.74) is -3.22. The van der Waals surface area contributed by atoms with Crippen LogP contribution in [0.25, 0.3) is 0 Å². The summed E-state index contributed by atoms with van der Waals surface area (Å²) >= 11 is 0. The first-order valence-corrected chi connectivity index (χ1v) is 16.7. The van der Waals surface area contributed by atoms with E-state index in [0.29, 0.717) is 19.6 Å². The molecule has 0 aromatic heterocycles. The summed E-state index contributed by atoms with van der Waals surface area (Å²) in [6.45, 7) is 14.4. The quantitative estimate of drug-likeness (QED) is 0.227. The monoisotopic (exact) mass is 658 g/mol. The molecule has 3 fully saturated rings. The Kier molecular flexibility index (Phi) is 13.2. The fourth-order valence-electron chi connectivity index (χ4n) is 6.93. The second-order valence-corrected chi connectivity index (χ2v) is 14.5. The van der Waals surface area contributed by atoms with Crippen LogP contribution in [-0.2, 0) is 38.1 Å². The number of likely N-dealkylation sites (N-methyl/N-ethyl adjacent to an activating group) is 1. The number of aliphatic hydroxyl groups excluding tert-OH is 2. The molecule has 3 saturated heterocycles. The Bertz CT molecular complexity index is 1050. The number of Topliss-reactive ketones (excluding diaryl/α,β-unsaturated/α-hetero) is 1. The highest BCUT2D eigenvalue weighted by molar-refractivity contribution is 6.00. The van der Waals surface area contributed by atoms with Crippen LogP contribution in [0.15, 0.2) is 0 Å². The average molecular weight is 659 g/mol. The van der Waals surface area contributed by atoms with E-state index in [-0.39, 0.29) is 37.5 Å². The molecule has 13 nitrogen and oxygen atoms in total. The number of nitrogens with one attached hydrogen (secondary N) is 1. The van der Waals surface area contributed by atoms with Crippen LogP contribution < -0.4 is 5.32 Å². The van der Waals surface area contributed by atoms with Gasteiger partial charge in [0.1, 0.15) is 23.7 Å². The highest BCUT2D eigenvalue weighted by atomic mass is 16.7. The third-order valence-corrected chi connectivity index (χ3v) is 10.1. The number of cyclic esters (lactones) is 1. The lowest BCUT2D eigenvalue weighted by Gasteiger charge is -2.47. The van der Waals surface area contributed by atoms with Crippen LogP contribution in [0.5, 0.6) is 0 Å². The highest BCUT2D eigenvalue weighted by Gasteiger charge is 2.51. The molecule has 0 spiro atoms. The van der Waals surface area contributed by atoms with Crippen LogP contribution in [0.4, 0.5) is 0 Å². The molecule has 0 aromatic rings. The molecule has 1 amide bonds. The second kappa shape index (κ2) is 15.7. The predicted molar refractivity (Wildman–Crippen MR) is 167 cm³/mol. The van der Waals surface area contributed by atoms with Crippen molar-refractivity contribution in [2.45, 2.75) is 135 Å². The minimum absolute atomic E-state index is 0.122. The van der Waals surface area contributed by atoms with E-state index < -0.39 is 83.4 Å². The number of esters is 1. The molecule has 0 saturated carbocycles. The summed E-state index contributed by atoms with van der Waals surface area (Å²) < 4.78 is 30.3. The first-order chi connectivity index (χ1) is 21.3. The van der Waals surface area contributed by atoms with Crippen LogP contribution in [-0.4, -0.2) is 132 Å². The lowest BCUT2D eigenvalue weighted by Crippen LogP contribution is -2.60. The largest absolute Gasteiger partial charge is 0.459 e. The van der Waals surface area contributed by atoms with Crippen LogP contribution in [0.1, 0.15) is 74.7 Å². The molecule has 3 aliphatic rings. The zero-order valence-corrected chi connectivity index (χ0v) is 29.2. The predicted octanol–water partition coefficient (Wildman–Crippen LogP) is 1.04. The smallest absolute Gasteiger partial charge is 0.316 e. The molecule has 13 heteroatoms. The summed E-state index contributed by atoms with van der Waals surface area (Å²) in [7, 11) is 3.73. The Morgan fingerprint density at radius 2 is 1.65 bits per heavy atom. The van der Waals surface area contributed by atoms with Gasteiger partial charge in [-0.15, -0.1) is 0 Å². The van der Waals surface area contributed by atoms with Gasteiger partial charge >= 0.3 is 5.97 Å². The summed E-state index contributed by atoms with van der Waals surface area (Å²) in [4.78, 5) is 42.9. The number of rotatable bonds is 7. The second-order valence-electron chi connectivity index (χ2n) is 14.5. The van der Waals surface area contributed by atoms with Gasteiger partial charge in [-0.25, -0.2) is 0 Å². The first kappa shape index (κ1) is 38.7. The Morgan fingerprint density at radius 3 is 2.20 bits per heavy atom. The Labute approximate surface area is 273 Å². The van der Waals surface area contributed by atoms with E-state index in [2.05, 4.69) is 5.32 Å². The minimum Gasteiger partial charge on any atom is -0.459 e. The maximum Gasteiger partial charge on any atom is 0.316 e. The Morgan fingerprint density at radius 1 is 1.02 bits per heavy atom. The lowest BCUT2D eigenvalue weighted by molar-refractivity contribution is -0.299. The minimum atomic E-state index is -1.98. The molecule has 3 rings (SSSR count). The summed E-state index contributed by atoms with van der Waals surface area (Å²) in [6, 6.07) is -0.823. The van der Waals surface area contributed by atoms with Gasteiger partial charge in [0, 0.05) is 23.9 Å². The van der Waals surface area contributed by atoms with Crippen molar-refractivity contribution in [1.29, 1.82) is 0 Å². The molecule has 266 valence electrons. The van der Waals surface area contributed by atoms with Gasteiger partial charge in [0.25, 0.3) is 0 Å². The molecule has 0 aromatic carbocycles. The van der Waals surface area contributed by atoms with E-state index in [4.69, 9.17) is 23.7 Å². The zero-order chi connectivity index (χ0) is 34.7. The maximum atomic E-state index is 14.1. The van der Waals surface area contributed by atoms with E-state index in [1.54, 1.807) is 27.7 Å². The number of carbonyl (C=O) groups excluding carboxylic acids is 3. The van der Waals surface area contributed by atoms with Crippen LogP contribution in [0.2, 0.25) is 0 Å². The molecular weight excluding hydrogens is 600 g/mol. The zero-order valence-electron chi connectivity index (χ0n) is 29.2. The number of aliphatic hydroxyl groups is 3. The molecule has 0 radical (unpaired) electrons. The highest BCUT2D eigenvalue weighted by Crippen LogP contribution is 2.37. The van der Waals surface area contributed by atoms with Gasteiger partial charge in [0.05, 0.1) is 49.7 Å². The topological polar surface area (TPSA) is 173 Å². The van der Waals surface area contributed by atoms with Gasteiger partial charge in [-0.3, -0.25) is 14.4 Å². The number of ketones is 1. The van der Waals surface area contributed by atoms with Crippen molar-refractivity contribution in [1.82, 2.24) is 10.2 Å². The number of hydrogen-bond donors (Lipinski definition) is 4. The summed E-state index contributed by atoms with van der Waals surface area (Å²) in [6.07, 6.45) is -5.38. The molecule has 4 N–H and O–H groups in total. The molecule has 0 bridgehead atoms. The van der Waals surface area contributed by atoms with Gasteiger partial charge < -0.3 is 49.2 Å². The molecule has 0 aliphatic carbocycles. The van der Waals surface area contributed by atoms with Gasteiger partial charge in [-0.1, -0.05) is 20.8 Å². The number of nitrogens with zero attached hydrogens (tertiary/aromatic N) is 1. The van der Waals surface area contributed by atoms with E-state index in [1.165, 1.54) is 20.8 Å². The van der Waals surface area contributed by atoms with E-state index >= 15 is 0 Å². The Hall–Kier alpha value is -1.71. The van der Waals surface area contributed by atoms with E-state index in [9.17, 15) is 29.7 Å². The molecule has 0 unspecified atom stereocenters. The van der Waals surface area contributed by atoms with Gasteiger partial charge in [-0.05, 0) is 68.0 Å². The molecule has 3 heterocycles. The van der Waals surface area contributed by atoms with Crippen molar-refractivity contribution < 1.29 is 53.4 Å². The first-order valence-electron chi connectivity index (χ1n) is 16.7. The van der Waals surface area contributed by atoms with Crippen molar-refractivity contribution in [3.05, 3.63) is 0 Å². The molecule has 46 heavy (non-hydrogen) atoms. The van der Waals surface area contributed by atoms with Crippen molar-refractivity contribution in [3.63, 3.8) is 0 Å². The third kappa shape index (κ3) is 8.65. The SMILES string of the molecule is CC[C@H]1OC(=O)[C@H](C)C(=O)[C@H](C)[C@@H](O[C@@H]2O[C@H](C)C[C@H](N(C)C)[C@H]2O)[C@](C)(OCC2COC2)C[C@@H](C)NC(=O)[C@H](C)[C@@H](O)[C@]1(C)O. The average Bonchev–Trinajstić information content (AvgIpc) is 2.96. The standard InChI is InChI=1S/C33H58N2O11/c1-11-24-33(8,41)27(38)21(6)29(39)34-17(2)13-32(7,43-16-22-14-42-15-22)28(19(4)25(36)20(5)30(40)45-24)46-31-26(37)23(35(9)10)12-18(3)44-31/h17-24,26-28,31,37-38,41H,11-16H2,1-10H3,(H,34,39)/t17-,18-,19+,20-,21-,23+,24-,26-,27-,28-,31+,32-,33-/m1/s1. The molecule has 13 atom stereocenters. The summed E-state index contributed by atoms with van der Waals surface area (Å²) in [5, 5.41) is 36.7. The maximum absolute atomic E-state index is 14.1. The van der Waals surface area contributed by atoms with E-state index in [0.717, 1.165) is 0 Å². The fraction of sp³-hybridized carbons (Fsp3) is 0.909. The molecular formula is C33H58N2O11. The number of amides is 1. The van der Waals surface area contributed by atoms with Crippen molar-refractivity contribution >= 4 is 17.7 Å². The van der Waals surface area contributed by atoms with Crippen molar-refractivity contribution in [2.75, 3.05) is 33.9 Å². The fourth-order valence-corrected chi connectivity index (χ4v) is 6.93. The van der Waals surface area contributed by atoms with Gasteiger partial charge in [-0.2, -0.15) is 0 Å².